The third-order valence-electron chi connectivity index (χ3n) is 3.14. The van der Waals surface area contributed by atoms with Gasteiger partial charge in [0.25, 0.3) is 6.43 Å². The number of hydrogen-bond donors (Lipinski definition) is 3. The molecule has 0 amide bonds. The zero-order chi connectivity index (χ0) is 15.1. The van der Waals surface area contributed by atoms with E-state index in [-0.39, 0.29) is 5.82 Å². The first-order valence-electron chi connectivity index (χ1n) is 5.57. The minimum absolute atomic E-state index is 0.127. The maximum Gasteiger partial charge on any atom is 0.351 e. The number of nitrogens with two attached hydrogens (primary N) is 1. The maximum absolute atomic E-state index is 13.9. The van der Waals surface area contributed by atoms with E-state index in [1.165, 1.54) is 0 Å². The highest BCUT2D eigenvalue weighted by molar-refractivity contribution is 5.23. The molecule has 4 atom stereocenters. The molecule has 0 radical (unpaired) electrons. The van der Waals surface area contributed by atoms with Gasteiger partial charge in [-0.2, -0.15) is 4.98 Å². The van der Waals surface area contributed by atoms with Crippen LogP contribution < -0.4 is 11.4 Å². The van der Waals surface area contributed by atoms with Gasteiger partial charge < -0.3 is 20.7 Å². The van der Waals surface area contributed by atoms with Crippen molar-refractivity contribution in [1.29, 1.82) is 0 Å². The van der Waals surface area contributed by atoms with Crippen molar-refractivity contribution in [1.82, 2.24) is 9.55 Å². The van der Waals surface area contributed by atoms with Gasteiger partial charge in [-0.25, -0.2) is 18.0 Å². The second-order valence-electron chi connectivity index (χ2n) is 4.36. The van der Waals surface area contributed by atoms with E-state index in [1.807, 2.05) is 0 Å². The summed E-state index contributed by atoms with van der Waals surface area (Å²) in [6.07, 6.45) is -8.71. The third kappa shape index (κ3) is 2.05. The lowest BCUT2D eigenvalue weighted by Gasteiger charge is -2.27. The molecule has 1 fully saturated rings. The van der Waals surface area contributed by atoms with Crippen LogP contribution in [0.15, 0.2) is 17.1 Å². The van der Waals surface area contributed by atoms with Crippen molar-refractivity contribution in [2.45, 2.75) is 30.5 Å². The summed E-state index contributed by atoms with van der Waals surface area (Å²) in [4.78, 5) is 14.9. The summed E-state index contributed by atoms with van der Waals surface area (Å²) in [7, 11) is 0. The fourth-order valence-corrected chi connectivity index (χ4v) is 2.00. The predicted octanol–water partition coefficient (Wildman–Crippen LogP) is -0.950. The molecule has 0 saturated carbocycles. The number of rotatable bonds is 3. The highest BCUT2D eigenvalue weighted by Gasteiger charge is 2.61. The van der Waals surface area contributed by atoms with Crippen LogP contribution in [0.2, 0.25) is 0 Å². The summed E-state index contributed by atoms with van der Waals surface area (Å²) in [6, 6.07) is 1.16. The van der Waals surface area contributed by atoms with Gasteiger partial charge in [-0.05, 0) is 6.07 Å². The molecule has 20 heavy (non-hydrogen) atoms. The standard InChI is InChI=1S/C10H12F3N3O4/c11-6-5(18)7(20-10(6,3-17)8(12)13)16-2-1-4(14)15-9(16)19/h1-2,5-8,17-18H,3H2,(H2,14,15,19)/t5-,6+,7-,10-/m1/s1. The van der Waals surface area contributed by atoms with Crippen LogP contribution in [-0.2, 0) is 4.74 Å². The van der Waals surface area contributed by atoms with Crippen molar-refractivity contribution in [2.75, 3.05) is 12.3 Å². The first-order valence-corrected chi connectivity index (χ1v) is 5.57. The Hall–Kier alpha value is -1.65. The van der Waals surface area contributed by atoms with Gasteiger partial charge in [0.1, 0.15) is 11.9 Å². The summed E-state index contributed by atoms with van der Waals surface area (Å²) in [6.45, 7) is -1.35. The van der Waals surface area contributed by atoms with Crippen LogP contribution in [0, 0.1) is 0 Å². The molecule has 0 aliphatic carbocycles. The first-order chi connectivity index (χ1) is 9.33. The second kappa shape index (κ2) is 5.04. The average molecular weight is 295 g/mol. The molecule has 0 spiro atoms. The molecule has 1 aliphatic heterocycles. The zero-order valence-electron chi connectivity index (χ0n) is 9.99. The first kappa shape index (κ1) is 14.8. The van der Waals surface area contributed by atoms with Crippen LogP contribution in [0.5, 0.6) is 0 Å². The van der Waals surface area contributed by atoms with Crippen LogP contribution in [0.4, 0.5) is 19.0 Å². The molecule has 2 rings (SSSR count). The quantitative estimate of drug-likeness (QED) is 0.663. The van der Waals surface area contributed by atoms with Crippen molar-refractivity contribution in [2.24, 2.45) is 0 Å². The molecule has 1 saturated heterocycles. The minimum Gasteiger partial charge on any atom is -0.393 e. The number of aromatic nitrogens is 2. The molecule has 1 aliphatic rings. The van der Waals surface area contributed by atoms with Crippen LogP contribution in [0.1, 0.15) is 6.23 Å². The Morgan fingerprint density at radius 3 is 2.70 bits per heavy atom. The van der Waals surface area contributed by atoms with Crippen molar-refractivity contribution < 1.29 is 28.1 Å². The van der Waals surface area contributed by atoms with E-state index in [0.29, 0.717) is 4.57 Å². The molecule has 0 aromatic carbocycles. The molecular formula is C10H12F3N3O4. The van der Waals surface area contributed by atoms with Gasteiger partial charge in [0.15, 0.2) is 18.0 Å². The molecule has 112 valence electrons. The van der Waals surface area contributed by atoms with Crippen LogP contribution in [-0.4, -0.2) is 50.7 Å². The fraction of sp³-hybridized carbons (Fsp3) is 0.600. The monoisotopic (exact) mass is 295 g/mol. The summed E-state index contributed by atoms with van der Waals surface area (Å²) >= 11 is 0. The molecule has 2 heterocycles. The lowest BCUT2D eigenvalue weighted by atomic mass is 9.98. The molecule has 1 aromatic rings. The number of nitrogen functional groups attached to an aromatic ring is 1. The van der Waals surface area contributed by atoms with Gasteiger partial charge in [-0.3, -0.25) is 4.57 Å². The summed E-state index contributed by atoms with van der Waals surface area (Å²) in [5, 5.41) is 18.6. The SMILES string of the molecule is Nc1ccn([C@@H]2O[C@@](CO)(C(F)F)[C@@H](F)[C@H]2O)c(=O)n1. The topological polar surface area (TPSA) is 111 Å². The van der Waals surface area contributed by atoms with Crippen LogP contribution in [0.3, 0.4) is 0 Å². The average Bonchev–Trinajstić information content (AvgIpc) is 2.64. The van der Waals surface area contributed by atoms with Crippen molar-refractivity contribution >= 4 is 5.82 Å². The Labute approximate surface area is 110 Å². The number of hydrogen-bond acceptors (Lipinski definition) is 6. The Morgan fingerprint density at radius 2 is 2.25 bits per heavy atom. The van der Waals surface area contributed by atoms with Gasteiger partial charge in [0, 0.05) is 6.20 Å². The Morgan fingerprint density at radius 1 is 1.60 bits per heavy atom. The van der Waals surface area contributed by atoms with Gasteiger partial charge in [0.2, 0.25) is 0 Å². The predicted molar refractivity (Wildman–Crippen MR) is 59.8 cm³/mol. The number of ether oxygens (including phenoxy) is 1. The van der Waals surface area contributed by atoms with E-state index >= 15 is 0 Å². The number of aliphatic hydroxyl groups is 2. The number of alkyl halides is 3. The smallest absolute Gasteiger partial charge is 0.351 e. The zero-order valence-corrected chi connectivity index (χ0v) is 9.99. The number of aliphatic hydroxyl groups excluding tert-OH is 2. The van der Waals surface area contributed by atoms with Gasteiger partial charge in [-0.15, -0.1) is 0 Å². The fourth-order valence-electron chi connectivity index (χ4n) is 2.00. The highest BCUT2D eigenvalue weighted by atomic mass is 19.3. The normalized spacial score (nSPS) is 33.8. The van der Waals surface area contributed by atoms with E-state index in [2.05, 4.69) is 4.98 Å². The lowest BCUT2D eigenvalue weighted by Crippen LogP contribution is -2.50. The molecule has 0 unspecified atom stereocenters. The van der Waals surface area contributed by atoms with Crippen molar-refractivity contribution in [3.05, 3.63) is 22.7 Å². The second-order valence-corrected chi connectivity index (χ2v) is 4.36. The summed E-state index contributed by atoms with van der Waals surface area (Å²) in [5.74, 6) is -0.127. The highest BCUT2D eigenvalue weighted by Crippen LogP contribution is 2.42. The molecular weight excluding hydrogens is 283 g/mol. The van der Waals surface area contributed by atoms with Crippen LogP contribution in [0.25, 0.3) is 0 Å². The Bertz CT molecular complexity index is 555. The molecule has 10 heteroatoms. The Kier molecular flexibility index (Phi) is 3.71. The summed E-state index contributed by atoms with van der Waals surface area (Å²) < 4.78 is 45.1. The molecule has 1 aromatic heterocycles. The number of halogens is 3. The molecule has 4 N–H and O–H groups in total. The third-order valence-corrected chi connectivity index (χ3v) is 3.14. The molecule has 7 nitrogen and oxygen atoms in total. The van der Waals surface area contributed by atoms with Gasteiger partial charge in [0.05, 0.1) is 6.61 Å². The van der Waals surface area contributed by atoms with E-state index in [0.717, 1.165) is 12.3 Å². The van der Waals surface area contributed by atoms with Crippen molar-refractivity contribution in [3.63, 3.8) is 0 Å². The van der Waals surface area contributed by atoms with E-state index in [4.69, 9.17) is 15.6 Å². The maximum atomic E-state index is 13.9. The van der Waals surface area contributed by atoms with E-state index in [9.17, 15) is 23.1 Å². The minimum atomic E-state index is -3.39. The lowest BCUT2D eigenvalue weighted by molar-refractivity contribution is -0.186. The van der Waals surface area contributed by atoms with Gasteiger partial charge in [-0.1, -0.05) is 0 Å². The summed E-state index contributed by atoms with van der Waals surface area (Å²) in [5.41, 5.74) is 1.37. The van der Waals surface area contributed by atoms with E-state index in [1.54, 1.807) is 0 Å². The van der Waals surface area contributed by atoms with Gasteiger partial charge >= 0.3 is 5.69 Å². The van der Waals surface area contributed by atoms with Crippen LogP contribution >= 0.6 is 0 Å². The van der Waals surface area contributed by atoms with E-state index < -0.39 is 42.8 Å². The number of anilines is 1. The Balaban J connectivity index is 2.42. The largest absolute Gasteiger partial charge is 0.393 e. The van der Waals surface area contributed by atoms with Crippen molar-refractivity contribution in [3.8, 4) is 0 Å². The molecule has 0 bridgehead atoms. The number of nitrogens with zero attached hydrogens (tertiary/aromatic N) is 2.